The second-order valence-corrected chi connectivity index (χ2v) is 7.50. The highest BCUT2D eigenvalue weighted by atomic mass is 16.5. The van der Waals surface area contributed by atoms with E-state index in [4.69, 9.17) is 4.74 Å². The van der Waals surface area contributed by atoms with Crippen molar-refractivity contribution in [1.29, 1.82) is 0 Å². The summed E-state index contributed by atoms with van der Waals surface area (Å²) in [7, 11) is 1.63. The quantitative estimate of drug-likeness (QED) is 0.760. The second-order valence-electron chi connectivity index (χ2n) is 7.50. The number of benzene rings is 1. The minimum atomic E-state index is -0.389. The smallest absolute Gasteiger partial charge is 0.0900 e. The summed E-state index contributed by atoms with van der Waals surface area (Å²) in [5.41, 5.74) is 3.91. The molecule has 144 valence electrons. The highest BCUT2D eigenvalue weighted by molar-refractivity contribution is 5.93. The number of methoxy groups -OCH3 is 1. The van der Waals surface area contributed by atoms with E-state index in [0.29, 0.717) is 19.2 Å². The van der Waals surface area contributed by atoms with Crippen molar-refractivity contribution >= 4 is 16.6 Å². The van der Waals surface area contributed by atoms with E-state index in [1.807, 2.05) is 0 Å². The summed E-state index contributed by atoms with van der Waals surface area (Å²) >= 11 is 0. The molecule has 1 unspecified atom stereocenters. The van der Waals surface area contributed by atoms with Crippen LogP contribution in [0.5, 0.6) is 0 Å². The first-order chi connectivity index (χ1) is 12.6. The molecule has 2 aromatic rings. The lowest BCUT2D eigenvalue weighted by Crippen LogP contribution is -2.43. The molecule has 0 aliphatic carbocycles. The fourth-order valence-corrected chi connectivity index (χ4v) is 4.09. The van der Waals surface area contributed by atoms with Crippen molar-refractivity contribution in [2.75, 3.05) is 38.7 Å². The fourth-order valence-electron chi connectivity index (χ4n) is 4.09. The lowest BCUT2D eigenvalue weighted by molar-refractivity contribution is 0.0327. The number of likely N-dealkylation sites (tertiary alicyclic amines) is 1. The number of β-amino-alcohol motifs (C(OH)–C–C–N with tert-alkyl or cyclic N) is 1. The maximum Gasteiger partial charge on any atom is 0.0900 e. The molecule has 5 nitrogen and oxygen atoms in total. The summed E-state index contributed by atoms with van der Waals surface area (Å²) in [6, 6.07) is 9.39. The lowest BCUT2D eigenvalue weighted by atomic mass is 10.0. The van der Waals surface area contributed by atoms with Crippen LogP contribution in [0.4, 0.5) is 5.69 Å². The van der Waals surface area contributed by atoms with Crippen LogP contribution in [0.3, 0.4) is 0 Å². The molecule has 0 bridgehead atoms. The predicted octanol–water partition coefficient (Wildman–Crippen LogP) is 3.24. The number of aliphatic hydroxyl groups is 1. The summed E-state index contributed by atoms with van der Waals surface area (Å²) in [6.45, 7) is 8.65. The first-order valence-corrected chi connectivity index (χ1v) is 9.87. The molecule has 0 spiro atoms. The van der Waals surface area contributed by atoms with Crippen LogP contribution in [0.2, 0.25) is 0 Å². The van der Waals surface area contributed by atoms with Gasteiger partial charge < -0.3 is 24.6 Å². The standard InChI is InChI=1S/C21H33N3O2/c1-4-10-24-16(2)13-19-20(6-5-7-21(19)24)22-17-8-11-23(12-9-17)14-18(25)15-26-3/h5-7,13,17-18,22,25H,4,8-12,14-15H2,1-3H3. The van der Waals surface area contributed by atoms with E-state index in [-0.39, 0.29) is 6.10 Å². The number of ether oxygens (including phenoxy) is 1. The van der Waals surface area contributed by atoms with Gasteiger partial charge in [0.1, 0.15) is 0 Å². The van der Waals surface area contributed by atoms with E-state index in [2.05, 4.69) is 52.9 Å². The third-order valence-corrected chi connectivity index (χ3v) is 5.38. The topological polar surface area (TPSA) is 49.7 Å². The van der Waals surface area contributed by atoms with E-state index in [9.17, 15) is 5.11 Å². The number of rotatable bonds is 8. The van der Waals surface area contributed by atoms with Crippen LogP contribution in [-0.4, -0.2) is 60.1 Å². The van der Waals surface area contributed by atoms with Crippen LogP contribution in [0.15, 0.2) is 24.3 Å². The number of aromatic nitrogens is 1. The molecule has 2 N–H and O–H groups in total. The summed E-state index contributed by atoms with van der Waals surface area (Å²) in [4.78, 5) is 2.34. The Morgan fingerprint density at radius 2 is 2.08 bits per heavy atom. The van der Waals surface area contributed by atoms with Gasteiger partial charge in [0.25, 0.3) is 0 Å². The number of hydrogen-bond donors (Lipinski definition) is 2. The monoisotopic (exact) mass is 359 g/mol. The normalized spacial score (nSPS) is 17.7. The van der Waals surface area contributed by atoms with Crippen molar-refractivity contribution < 1.29 is 9.84 Å². The Balaban J connectivity index is 1.63. The molecule has 26 heavy (non-hydrogen) atoms. The number of anilines is 1. The number of piperidine rings is 1. The van der Waals surface area contributed by atoms with Gasteiger partial charge in [-0.15, -0.1) is 0 Å². The van der Waals surface area contributed by atoms with Crippen LogP contribution in [0, 0.1) is 6.92 Å². The van der Waals surface area contributed by atoms with Gasteiger partial charge in [-0.2, -0.15) is 0 Å². The van der Waals surface area contributed by atoms with Crippen LogP contribution >= 0.6 is 0 Å². The molecule has 0 radical (unpaired) electrons. The maximum absolute atomic E-state index is 9.91. The average Bonchev–Trinajstić information content (AvgIpc) is 2.94. The molecule has 1 aromatic carbocycles. The molecule has 1 aliphatic rings. The summed E-state index contributed by atoms with van der Waals surface area (Å²) < 4.78 is 7.44. The molecule has 1 saturated heterocycles. The molecule has 0 amide bonds. The number of fused-ring (bicyclic) bond motifs is 1. The molecule has 1 aliphatic heterocycles. The van der Waals surface area contributed by atoms with Gasteiger partial charge in [-0.05, 0) is 44.4 Å². The van der Waals surface area contributed by atoms with Gasteiger partial charge in [0.15, 0.2) is 0 Å². The summed E-state index contributed by atoms with van der Waals surface area (Å²) in [6.07, 6.45) is 2.96. The van der Waals surface area contributed by atoms with Crippen molar-refractivity contribution in [1.82, 2.24) is 9.47 Å². The van der Waals surface area contributed by atoms with Crippen LogP contribution in [0.25, 0.3) is 10.9 Å². The zero-order valence-corrected chi connectivity index (χ0v) is 16.4. The lowest BCUT2D eigenvalue weighted by Gasteiger charge is -2.34. The first kappa shape index (κ1) is 19.2. The maximum atomic E-state index is 9.91. The Labute approximate surface area is 156 Å². The minimum absolute atomic E-state index is 0.389. The van der Waals surface area contributed by atoms with Gasteiger partial charge in [-0.25, -0.2) is 0 Å². The van der Waals surface area contributed by atoms with Crippen LogP contribution in [-0.2, 0) is 11.3 Å². The zero-order valence-electron chi connectivity index (χ0n) is 16.4. The van der Waals surface area contributed by atoms with Crippen molar-refractivity contribution in [2.24, 2.45) is 0 Å². The van der Waals surface area contributed by atoms with Crippen molar-refractivity contribution in [3.8, 4) is 0 Å². The molecule has 1 fully saturated rings. The number of hydrogen-bond acceptors (Lipinski definition) is 4. The van der Waals surface area contributed by atoms with Crippen molar-refractivity contribution in [2.45, 2.75) is 51.8 Å². The van der Waals surface area contributed by atoms with Gasteiger partial charge in [-0.3, -0.25) is 0 Å². The van der Waals surface area contributed by atoms with Gasteiger partial charge >= 0.3 is 0 Å². The molecule has 2 heterocycles. The minimum Gasteiger partial charge on any atom is -0.389 e. The van der Waals surface area contributed by atoms with Gasteiger partial charge in [0, 0.05) is 56.1 Å². The highest BCUT2D eigenvalue weighted by Gasteiger charge is 2.21. The molecule has 1 aromatic heterocycles. The second kappa shape index (κ2) is 8.89. The third-order valence-electron chi connectivity index (χ3n) is 5.38. The largest absolute Gasteiger partial charge is 0.389 e. The van der Waals surface area contributed by atoms with Gasteiger partial charge in [0.05, 0.1) is 18.2 Å². The van der Waals surface area contributed by atoms with E-state index in [0.717, 1.165) is 38.9 Å². The fraction of sp³-hybridized carbons (Fsp3) is 0.619. The SMILES string of the molecule is CCCn1c(C)cc2c(NC3CCN(CC(O)COC)CC3)cccc21. The first-order valence-electron chi connectivity index (χ1n) is 9.87. The Kier molecular flexibility index (Phi) is 6.57. The summed E-state index contributed by atoms with van der Waals surface area (Å²) in [5.74, 6) is 0. The molecular weight excluding hydrogens is 326 g/mol. The van der Waals surface area contributed by atoms with Gasteiger partial charge in [0.2, 0.25) is 0 Å². The summed E-state index contributed by atoms with van der Waals surface area (Å²) in [5, 5.41) is 15.0. The third kappa shape index (κ3) is 4.40. The van der Waals surface area contributed by atoms with Crippen LogP contribution in [0.1, 0.15) is 31.9 Å². The average molecular weight is 360 g/mol. The molecular formula is C21H33N3O2. The van der Waals surface area contributed by atoms with Crippen molar-refractivity contribution in [3.63, 3.8) is 0 Å². The van der Waals surface area contributed by atoms with E-state index >= 15 is 0 Å². The number of nitrogens with one attached hydrogen (secondary N) is 1. The Bertz CT molecular complexity index is 705. The Hall–Kier alpha value is -1.56. The highest BCUT2D eigenvalue weighted by Crippen LogP contribution is 2.29. The van der Waals surface area contributed by atoms with E-state index < -0.39 is 0 Å². The van der Waals surface area contributed by atoms with Crippen molar-refractivity contribution in [3.05, 3.63) is 30.0 Å². The molecule has 5 heteroatoms. The Morgan fingerprint density at radius 3 is 2.77 bits per heavy atom. The predicted molar refractivity (Wildman–Crippen MR) is 108 cm³/mol. The Morgan fingerprint density at radius 1 is 1.31 bits per heavy atom. The van der Waals surface area contributed by atoms with Crippen LogP contribution < -0.4 is 5.32 Å². The molecule has 1 atom stereocenters. The number of aryl methyl sites for hydroxylation is 2. The molecule has 0 saturated carbocycles. The van der Waals surface area contributed by atoms with E-state index in [1.54, 1.807) is 7.11 Å². The molecule has 3 rings (SSSR count). The number of aliphatic hydroxyl groups excluding tert-OH is 1. The zero-order chi connectivity index (χ0) is 18.5. The van der Waals surface area contributed by atoms with E-state index in [1.165, 1.54) is 22.3 Å². The number of nitrogens with zero attached hydrogens (tertiary/aromatic N) is 2. The van der Waals surface area contributed by atoms with Gasteiger partial charge in [-0.1, -0.05) is 13.0 Å².